The van der Waals surface area contributed by atoms with Crippen molar-refractivity contribution in [2.45, 2.75) is 191 Å². The van der Waals surface area contributed by atoms with Crippen molar-refractivity contribution in [3.05, 3.63) is 29.8 Å². The van der Waals surface area contributed by atoms with Crippen LogP contribution in [-0.4, -0.2) is 266 Å². The van der Waals surface area contributed by atoms with E-state index in [0.29, 0.717) is 18.5 Å². The van der Waals surface area contributed by atoms with Crippen LogP contribution in [0.25, 0.3) is 0 Å². The molecule has 0 saturated carbocycles. The largest absolute Gasteiger partial charge is 0.508 e. The highest BCUT2D eigenvalue weighted by Gasteiger charge is 2.38. The number of thiol groups is 4. The van der Waals surface area contributed by atoms with Gasteiger partial charge in [-0.05, 0) is 91.0 Å². The molecule has 15 amide bonds. The molecule has 0 aromatic heterocycles. The highest BCUT2D eigenvalue weighted by molar-refractivity contribution is 7.80. The van der Waals surface area contributed by atoms with Crippen LogP contribution in [0, 0.1) is 5.92 Å². The van der Waals surface area contributed by atoms with E-state index in [2.05, 4.69) is 136 Å². The molecule has 0 spiro atoms. The summed E-state index contributed by atoms with van der Waals surface area (Å²) in [5, 5.41) is 87.5. The molecule has 1 heterocycles. The van der Waals surface area contributed by atoms with Gasteiger partial charge in [-0.2, -0.15) is 50.5 Å². The van der Waals surface area contributed by atoms with Crippen LogP contribution in [-0.2, 0) is 87.9 Å². The third-order valence-corrected chi connectivity index (χ3v) is 17.2. The van der Waals surface area contributed by atoms with Gasteiger partial charge in [-0.25, -0.2) is 4.79 Å². The first-order valence-electron chi connectivity index (χ1n) is 32.6. The van der Waals surface area contributed by atoms with E-state index in [-0.39, 0.29) is 35.8 Å². The van der Waals surface area contributed by atoms with Crippen molar-refractivity contribution in [1.82, 2.24) is 85.1 Å². The van der Waals surface area contributed by atoms with Crippen molar-refractivity contribution in [3.63, 3.8) is 0 Å². The van der Waals surface area contributed by atoms with E-state index in [1.807, 2.05) is 0 Å². The van der Waals surface area contributed by atoms with Gasteiger partial charge in [0, 0.05) is 35.9 Å². The predicted molar refractivity (Wildman–Crippen MR) is 379 cm³/mol. The van der Waals surface area contributed by atoms with Gasteiger partial charge in [0.1, 0.15) is 84.3 Å². The molecule has 0 unspecified atom stereocenters. The number of aliphatic hydroxyl groups excluding tert-OH is 2. The number of hydrogen-bond acceptors (Lipinski definition) is 25. The summed E-state index contributed by atoms with van der Waals surface area (Å²) >= 11 is 16.3. The summed E-state index contributed by atoms with van der Waals surface area (Å²) in [6, 6.07) is -14.8. The topological polar surface area (TPSA) is 584 Å². The Bertz CT molecular complexity index is 3170. The molecule has 17 atom stereocenters. The van der Waals surface area contributed by atoms with E-state index in [1.165, 1.54) is 58.9 Å². The minimum atomic E-state index is -1.70. The normalized spacial score (nSPS) is 17.1. The summed E-state index contributed by atoms with van der Waals surface area (Å²) < 4.78 is 0. The minimum absolute atomic E-state index is 0.146. The van der Waals surface area contributed by atoms with Gasteiger partial charge in [0.15, 0.2) is 0 Å². The van der Waals surface area contributed by atoms with Crippen LogP contribution < -0.4 is 85.1 Å². The van der Waals surface area contributed by atoms with E-state index >= 15 is 0 Å². The van der Waals surface area contributed by atoms with Crippen LogP contribution in [0.2, 0.25) is 0 Å². The van der Waals surface area contributed by atoms with Gasteiger partial charge in [-0.1, -0.05) is 32.4 Å². The van der Waals surface area contributed by atoms with Gasteiger partial charge in [0.05, 0.1) is 31.3 Å². The zero-order chi connectivity index (χ0) is 78.1. The lowest BCUT2D eigenvalue weighted by atomic mass is 9.97. The first kappa shape index (κ1) is 90.4. The number of rotatable bonds is 44. The fourth-order valence-corrected chi connectivity index (χ4v) is 10.3. The Hall–Kier alpha value is -8.71. The molecule has 1 aromatic carbocycles. The van der Waals surface area contributed by atoms with Crippen LogP contribution in [0.5, 0.6) is 5.75 Å². The van der Waals surface area contributed by atoms with E-state index in [0.717, 1.165) is 13.3 Å². The van der Waals surface area contributed by atoms with Gasteiger partial charge < -0.3 is 111 Å². The fourth-order valence-electron chi connectivity index (χ4n) is 9.30. The number of nitrogens with one attached hydrogen (secondary N) is 16. The standard InChI is InChI=1S/C61H96N16O22S4/c1-9-26(2)45(76-53(90)36(16-17-44(83)84)70-49(86)29(5)67-56(93)39(23-101)74-60(97)47(32(8)79)75-43(82)21-63-52(89)35-11-10-18-62-35)59(96)73-38(22-100)55(92)68-30(6)50(87)71-37(19-33-12-14-34(80)15-13-33)54(91)66-27(3)48(85)65-28(4)51(88)72-40(24-102)57(94)77-46(31(7)78)58(95)64-20-42(81)69-41(25-103)61(98)99/h12-15,26-32,35-41,45-47,62,78-80,100-103H,9-11,16-25H2,1-8H3,(H,63,89)(H,64,95)(H,65,85)(H,66,91)(H,67,93)(H,68,92)(H,69,81)(H,70,86)(H,71,87)(H,72,88)(H,73,96)(H,74,97)(H,75,82)(H,76,90)(H,77,94)(H,83,84)(H,98,99)/t26-,27-,28-,29-,30-,31+,32+,35-,36-,37-,38-,39-,40-,41-,45-,46-,47-/m0/s1. The number of phenolic OH excluding ortho intramolecular Hbond substituents is 1. The monoisotopic (exact) mass is 1530 g/mol. The molecule has 0 bridgehead atoms. The summed E-state index contributed by atoms with van der Waals surface area (Å²) in [5.74, 6) is -19.4. The second-order valence-electron chi connectivity index (χ2n) is 24.2. The minimum Gasteiger partial charge on any atom is -0.508 e. The Kier molecular flexibility index (Phi) is 39.8. The Morgan fingerprint density at radius 3 is 1.26 bits per heavy atom. The quantitative estimate of drug-likeness (QED) is 0.0270. The third kappa shape index (κ3) is 31.4. The molecule has 2 rings (SSSR count). The van der Waals surface area contributed by atoms with E-state index in [4.69, 9.17) is 5.11 Å². The summed E-state index contributed by atoms with van der Waals surface area (Å²) in [5.41, 5.74) is 0.383. The number of carboxylic acids is 2. The van der Waals surface area contributed by atoms with Crippen molar-refractivity contribution in [2.75, 3.05) is 42.6 Å². The molecule has 1 aliphatic heterocycles. The van der Waals surface area contributed by atoms with Crippen molar-refractivity contribution >= 4 is 151 Å². The summed E-state index contributed by atoms with van der Waals surface area (Å²) in [4.78, 5) is 223. The molecule has 1 aliphatic rings. The zero-order valence-corrected chi connectivity index (χ0v) is 61.4. The maximum atomic E-state index is 14.1. The maximum absolute atomic E-state index is 14.1. The number of aliphatic carboxylic acids is 2. The first-order chi connectivity index (χ1) is 48.3. The summed E-state index contributed by atoms with van der Waals surface area (Å²) in [6.07, 6.45) is -3.05. The predicted octanol–water partition coefficient (Wildman–Crippen LogP) is -8.22. The smallest absolute Gasteiger partial charge is 0.327 e. The fraction of sp³-hybridized carbons (Fsp3) is 0.623. The lowest BCUT2D eigenvalue weighted by molar-refractivity contribution is -0.141. The second-order valence-corrected chi connectivity index (χ2v) is 25.6. The van der Waals surface area contributed by atoms with Gasteiger partial charge >= 0.3 is 11.9 Å². The lowest BCUT2D eigenvalue weighted by Crippen LogP contribution is -2.61. The molecular weight excluding hydrogens is 1440 g/mol. The highest BCUT2D eigenvalue weighted by Crippen LogP contribution is 2.14. The first-order valence-corrected chi connectivity index (χ1v) is 35.1. The molecule has 576 valence electrons. The molecule has 1 saturated heterocycles. The van der Waals surface area contributed by atoms with E-state index in [1.54, 1.807) is 13.8 Å². The Labute approximate surface area is 615 Å². The van der Waals surface area contributed by atoms with Gasteiger partial charge in [0.25, 0.3) is 0 Å². The highest BCUT2D eigenvalue weighted by atomic mass is 32.1. The van der Waals surface area contributed by atoms with E-state index in [9.17, 15) is 102 Å². The van der Waals surface area contributed by atoms with Crippen LogP contribution in [0.3, 0.4) is 0 Å². The van der Waals surface area contributed by atoms with Gasteiger partial charge in [-0.3, -0.25) is 76.7 Å². The molecule has 0 radical (unpaired) electrons. The lowest BCUT2D eigenvalue weighted by Gasteiger charge is -2.29. The average molecular weight is 1530 g/mol. The van der Waals surface area contributed by atoms with Crippen molar-refractivity contribution in [3.8, 4) is 5.75 Å². The Morgan fingerprint density at radius 2 is 0.825 bits per heavy atom. The van der Waals surface area contributed by atoms with Crippen LogP contribution >= 0.6 is 50.5 Å². The molecule has 0 aliphatic carbocycles. The van der Waals surface area contributed by atoms with Crippen molar-refractivity contribution in [1.29, 1.82) is 0 Å². The molecule has 103 heavy (non-hydrogen) atoms. The Morgan fingerprint density at radius 1 is 0.447 bits per heavy atom. The Balaban J connectivity index is 2.17. The number of carbonyl (C=O) groups is 17. The molecule has 1 aromatic rings. The van der Waals surface area contributed by atoms with Gasteiger partial charge in [-0.15, -0.1) is 0 Å². The molecule has 38 nitrogen and oxygen atoms in total. The van der Waals surface area contributed by atoms with Crippen LogP contribution in [0.1, 0.15) is 93.1 Å². The average Bonchev–Trinajstić information content (AvgIpc) is 1.56. The molecule has 21 N–H and O–H groups in total. The van der Waals surface area contributed by atoms with Crippen LogP contribution in [0.15, 0.2) is 24.3 Å². The summed E-state index contributed by atoms with van der Waals surface area (Å²) in [7, 11) is 0. The van der Waals surface area contributed by atoms with Crippen molar-refractivity contribution < 1.29 is 107 Å². The molecule has 1 fully saturated rings. The van der Waals surface area contributed by atoms with Crippen molar-refractivity contribution in [2.24, 2.45) is 5.92 Å². The van der Waals surface area contributed by atoms with Gasteiger partial charge in [0.2, 0.25) is 88.6 Å². The number of carbonyl (C=O) groups excluding carboxylic acids is 15. The number of benzene rings is 1. The third-order valence-electron chi connectivity index (χ3n) is 15.7. The maximum Gasteiger partial charge on any atom is 0.327 e. The zero-order valence-electron chi connectivity index (χ0n) is 57.8. The number of carboxylic acid groups (broad SMARTS) is 2. The number of hydrogen-bond donors (Lipinski definition) is 25. The molecule has 42 heteroatoms. The number of phenols is 1. The second kappa shape index (κ2) is 45.4. The summed E-state index contributed by atoms with van der Waals surface area (Å²) in [6.45, 7) is 9.70. The molecular formula is C61H96N16O22S4. The number of amides is 15. The van der Waals surface area contributed by atoms with E-state index < -0.39 is 235 Å². The van der Waals surface area contributed by atoms with Crippen LogP contribution in [0.4, 0.5) is 0 Å². The number of aromatic hydroxyl groups is 1. The number of aliphatic hydroxyl groups is 2. The SMILES string of the molecule is CC[C@H](C)[C@H](NC(=O)[C@H](CCC(=O)O)NC(=O)[C@H](C)NC(=O)[C@H](CS)NC(=O)[C@@H](NC(=O)CNC(=O)[C@@H]1CCCN1)[C@@H](C)O)C(=O)N[C@@H](CS)C(=O)N[C@@H](C)C(=O)N[C@@H](Cc1ccc(O)cc1)C(=O)N[C@@H](C)C(=O)N[C@@H](C)C(=O)N[C@@H](CS)C(=O)N[C@H](C(=O)NCC(=O)N[C@@H](CS)C(=O)O)[C@@H](C)O.